The van der Waals surface area contributed by atoms with Crippen LogP contribution in [0.25, 0.3) is 4.96 Å². The molecule has 15 heavy (non-hydrogen) atoms. The van der Waals surface area contributed by atoms with Crippen molar-refractivity contribution in [1.29, 1.82) is 0 Å². The summed E-state index contributed by atoms with van der Waals surface area (Å²) in [5, 5.41) is 9.13. The highest BCUT2D eigenvalue weighted by Gasteiger charge is 2.20. The van der Waals surface area contributed by atoms with Crippen molar-refractivity contribution in [2.45, 2.75) is 27.2 Å². The number of imidazole rings is 1. The van der Waals surface area contributed by atoms with Gasteiger partial charge in [0.15, 0.2) is 10.7 Å². The molecule has 0 atom stereocenters. The fraction of sp³-hybridized carbons (Fsp3) is 0.400. The van der Waals surface area contributed by atoms with Gasteiger partial charge in [-0.2, -0.15) is 0 Å². The van der Waals surface area contributed by atoms with Crippen LogP contribution in [0.3, 0.4) is 0 Å². The van der Waals surface area contributed by atoms with Crippen molar-refractivity contribution in [3.05, 3.63) is 22.0 Å². The smallest absolute Gasteiger partial charge is 0.354 e. The highest BCUT2D eigenvalue weighted by atomic mass is 32.1. The third-order valence-corrected chi connectivity index (χ3v) is 3.48. The summed E-state index contributed by atoms with van der Waals surface area (Å²) in [5.74, 6) is -0.910. The molecule has 0 unspecified atom stereocenters. The van der Waals surface area contributed by atoms with Crippen LogP contribution >= 0.6 is 11.3 Å². The molecule has 0 spiro atoms. The standard InChI is InChI=1S/C10H12N2O2S/c1-4-7-6(3)15-10-11-5(2)8(9(13)14)12(7)10/h4H2,1-3H3,(H,13,14). The molecule has 5 heteroatoms. The number of carboxylic acids is 1. The lowest BCUT2D eigenvalue weighted by molar-refractivity contribution is 0.0688. The van der Waals surface area contributed by atoms with Crippen molar-refractivity contribution >= 4 is 22.3 Å². The number of carboxylic acid groups (broad SMARTS) is 1. The summed E-state index contributed by atoms with van der Waals surface area (Å²) in [6.45, 7) is 5.76. The molecule has 2 aromatic heterocycles. The van der Waals surface area contributed by atoms with Crippen LogP contribution < -0.4 is 0 Å². The highest BCUT2D eigenvalue weighted by molar-refractivity contribution is 7.17. The minimum atomic E-state index is -0.910. The Morgan fingerprint density at radius 1 is 1.53 bits per heavy atom. The number of aromatic nitrogens is 2. The van der Waals surface area contributed by atoms with Crippen LogP contribution in [0.5, 0.6) is 0 Å². The van der Waals surface area contributed by atoms with E-state index in [9.17, 15) is 4.79 Å². The van der Waals surface area contributed by atoms with Crippen LogP contribution in [-0.4, -0.2) is 20.5 Å². The Bertz CT molecular complexity index is 539. The molecule has 2 rings (SSSR count). The van der Waals surface area contributed by atoms with Gasteiger partial charge in [0.25, 0.3) is 0 Å². The summed E-state index contributed by atoms with van der Waals surface area (Å²) in [7, 11) is 0. The van der Waals surface area contributed by atoms with Gasteiger partial charge in [-0.3, -0.25) is 4.40 Å². The quantitative estimate of drug-likeness (QED) is 0.851. The van der Waals surface area contributed by atoms with Crippen molar-refractivity contribution in [2.75, 3.05) is 0 Å². The number of hydrogen-bond acceptors (Lipinski definition) is 3. The number of thiazole rings is 1. The summed E-state index contributed by atoms with van der Waals surface area (Å²) in [4.78, 5) is 17.3. The van der Waals surface area contributed by atoms with Crippen LogP contribution in [-0.2, 0) is 6.42 Å². The first-order chi connectivity index (χ1) is 7.06. The molecule has 0 aromatic carbocycles. The average molecular weight is 224 g/mol. The number of fused-ring (bicyclic) bond motifs is 1. The normalized spacial score (nSPS) is 11.1. The van der Waals surface area contributed by atoms with Gasteiger partial charge in [0.05, 0.1) is 5.69 Å². The number of aryl methyl sites for hydroxylation is 3. The summed E-state index contributed by atoms with van der Waals surface area (Å²) in [6, 6.07) is 0. The van der Waals surface area contributed by atoms with Gasteiger partial charge in [-0.25, -0.2) is 9.78 Å². The molecular formula is C10H12N2O2S. The lowest BCUT2D eigenvalue weighted by atomic mass is 10.3. The third kappa shape index (κ3) is 1.34. The molecular weight excluding hydrogens is 212 g/mol. The van der Waals surface area contributed by atoms with Crippen molar-refractivity contribution in [1.82, 2.24) is 9.38 Å². The molecule has 0 bridgehead atoms. The number of nitrogens with zero attached hydrogens (tertiary/aromatic N) is 2. The Kier molecular flexibility index (Phi) is 2.26. The summed E-state index contributed by atoms with van der Waals surface area (Å²) in [5.41, 5.74) is 1.93. The first-order valence-electron chi connectivity index (χ1n) is 4.76. The molecule has 0 fully saturated rings. The average Bonchev–Trinajstić information content (AvgIpc) is 2.57. The molecule has 0 saturated heterocycles. The van der Waals surface area contributed by atoms with E-state index in [1.807, 2.05) is 13.8 Å². The Hall–Kier alpha value is -1.36. The molecule has 0 amide bonds. The largest absolute Gasteiger partial charge is 0.477 e. The fourth-order valence-corrected chi connectivity index (χ4v) is 2.94. The third-order valence-electron chi connectivity index (χ3n) is 2.48. The molecule has 2 aromatic rings. The van der Waals surface area contributed by atoms with Crippen molar-refractivity contribution in [3.63, 3.8) is 0 Å². The zero-order valence-corrected chi connectivity index (χ0v) is 9.68. The monoisotopic (exact) mass is 224 g/mol. The zero-order valence-electron chi connectivity index (χ0n) is 8.87. The van der Waals surface area contributed by atoms with Gasteiger partial charge >= 0.3 is 5.97 Å². The van der Waals surface area contributed by atoms with Gasteiger partial charge in [-0.15, -0.1) is 11.3 Å². The molecule has 4 nitrogen and oxygen atoms in total. The van der Waals surface area contributed by atoms with E-state index in [0.717, 1.165) is 22.0 Å². The maximum absolute atomic E-state index is 11.1. The first-order valence-corrected chi connectivity index (χ1v) is 5.58. The van der Waals surface area contributed by atoms with E-state index in [2.05, 4.69) is 4.98 Å². The Morgan fingerprint density at radius 3 is 2.73 bits per heavy atom. The van der Waals surface area contributed by atoms with Crippen molar-refractivity contribution < 1.29 is 9.90 Å². The Morgan fingerprint density at radius 2 is 2.20 bits per heavy atom. The van der Waals surface area contributed by atoms with Gasteiger partial charge in [0.1, 0.15) is 0 Å². The van der Waals surface area contributed by atoms with Gasteiger partial charge in [0, 0.05) is 10.6 Å². The molecule has 0 aliphatic carbocycles. The van der Waals surface area contributed by atoms with Crippen LogP contribution in [0.15, 0.2) is 0 Å². The van der Waals surface area contributed by atoms with E-state index in [1.165, 1.54) is 0 Å². The minimum Gasteiger partial charge on any atom is -0.477 e. The first kappa shape index (κ1) is 10.2. The fourth-order valence-electron chi connectivity index (χ4n) is 1.83. The molecule has 0 saturated carbocycles. The number of rotatable bonds is 2. The molecule has 0 aliphatic heterocycles. The van der Waals surface area contributed by atoms with Crippen LogP contribution in [0.2, 0.25) is 0 Å². The predicted molar refractivity (Wildman–Crippen MR) is 58.9 cm³/mol. The van der Waals surface area contributed by atoms with E-state index in [1.54, 1.807) is 22.7 Å². The van der Waals surface area contributed by atoms with Gasteiger partial charge in [-0.05, 0) is 20.3 Å². The van der Waals surface area contributed by atoms with Gasteiger partial charge in [-0.1, -0.05) is 6.92 Å². The van der Waals surface area contributed by atoms with Crippen LogP contribution in [0.4, 0.5) is 0 Å². The number of hydrogen-bond donors (Lipinski definition) is 1. The second-order valence-electron chi connectivity index (χ2n) is 3.43. The van der Waals surface area contributed by atoms with Gasteiger partial charge in [0.2, 0.25) is 0 Å². The zero-order chi connectivity index (χ0) is 11.2. The van der Waals surface area contributed by atoms with E-state index < -0.39 is 5.97 Å². The SMILES string of the molecule is CCc1c(C)sc2nc(C)c(C(=O)O)n12. The predicted octanol–water partition coefficient (Wildman–Crippen LogP) is 2.27. The maximum atomic E-state index is 11.1. The number of carbonyl (C=O) groups is 1. The van der Waals surface area contributed by atoms with E-state index in [0.29, 0.717) is 11.4 Å². The maximum Gasteiger partial charge on any atom is 0.354 e. The summed E-state index contributed by atoms with van der Waals surface area (Å²) < 4.78 is 1.76. The molecule has 2 heterocycles. The Labute approximate surface area is 91.2 Å². The lowest BCUT2D eigenvalue weighted by Crippen LogP contribution is -2.05. The summed E-state index contributed by atoms with van der Waals surface area (Å²) in [6.07, 6.45) is 0.821. The number of aromatic carboxylic acids is 1. The Balaban J connectivity index is 2.88. The second kappa shape index (κ2) is 3.34. The van der Waals surface area contributed by atoms with Crippen molar-refractivity contribution in [2.24, 2.45) is 0 Å². The minimum absolute atomic E-state index is 0.297. The van der Waals surface area contributed by atoms with Crippen LogP contribution in [0, 0.1) is 13.8 Å². The lowest BCUT2D eigenvalue weighted by Gasteiger charge is -1.99. The molecule has 0 aliphatic rings. The topological polar surface area (TPSA) is 54.6 Å². The van der Waals surface area contributed by atoms with Crippen molar-refractivity contribution in [3.8, 4) is 0 Å². The molecule has 1 N–H and O–H groups in total. The van der Waals surface area contributed by atoms with Gasteiger partial charge < -0.3 is 5.11 Å². The van der Waals surface area contributed by atoms with E-state index in [4.69, 9.17) is 5.11 Å². The highest BCUT2D eigenvalue weighted by Crippen LogP contribution is 2.25. The summed E-state index contributed by atoms with van der Waals surface area (Å²) >= 11 is 1.54. The van der Waals surface area contributed by atoms with Crippen LogP contribution in [0.1, 0.15) is 33.7 Å². The van der Waals surface area contributed by atoms with E-state index in [-0.39, 0.29) is 0 Å². The second-order valence-corrected chi connectivity index (χ2v) is 4.61. The molecule has 80 valence electrons. The molecule has 0 radical (unpaired) electrons. The van der Waals surface area contributed by atoms with E-state index >= 15 is 0 Å².